The van der Waals surface area contributed by atoms with Gasteiger partial charge in [0.1, 0.15) is 5.75 Å². The number of amides is 1. The van der Waals surface area contributed by atoms with Gasteiger partial charge in [0.05, 0.1) is 11.4 Å². The molecule has 0 saturated carbocycles. The van der Waals surface area contributed by atoms with Gasteiger partial charge in [-0.15, -0.1) is 0 Å². The molecule has 2 aromatic carbocycles. The predicted octanol–water partition coefficient (Wildman–Crippen LogP) is 4.10. The van der Waals surface area contributed by atoms with Crippen LogP contribution >= 0.6 is 11.6 Å². The number of anilines is 1. The van der Waals surface area contributed by atoms with E-state index in [0.717, 1.165) is 16.8 Å². The number of hydrogen-bond donors (Lipinski definition) is 1. The van der Waals surface area contributed by atoms with Crippen LogP contribution in [0.3, 0.4) is 0 Å². The molecular formula is C15H10ClF2NO2. The fraction of sp³-hybridized carbons (Fsp3) is 0.133. The molecule has 0 atom stereocenters. The molecule has 2 aromatic rings. The van der Waals surface area contributed by atoms with Crippen molar-refractivity contribution in [2.45, 2.75) is 13.0 Å². The van der Waals surface area contributed by atoms with Crippen LogP contribution in [0.15, 0.2) is 36.4 Å². The number of rotatable bonds is 3. The van der Waals surface area contributed by atoms with Crippen molar-refractivity contribution in [1.82, 2.24) is 0 Å². The molecule has 0 saturated heterocycles. The molecule has 0 radical (unpaired) electrons. The average molecular weight is 310 g/mol. The minimum Gasteiger partial charge on any atom is -0.433 e. The van der Waals surface area contributed by atoms with Gasteiger partial charge in [-0.2, -0.15) is 8.78 Å². The highest BCUT2D eigenvalue weighted by atomic mass is 35.5. The van der Waals surface area contributed by atoms with Crippen LogP contribution in [-0.2, 0) is 11.2 Å². The Morgan fingerprint density at radius 2 is 2.05 bits per heavy atom. The van der Waals surface area contributed by atoms with E-state index in [1.807, 2.05) is 6.07 Å². The second-order valence-electron chi connectivity index (χ2n) is 4.59. The molecule has 1 heterocycles. The zero-order chi connectivity index (χ0) is 15.0. The summed E-state index contributed by atoms with van der Waals surface area (Å²) in [5.41, 5.74) is 2.94. The first kappa shape index (κ1) is 13.8. The first-order valence-electron chi connectivity index (χ1n) is 6.21. The van der Waals surface area contributed by atoms with E-state index in [4.69, 9.17) is 11.6 Å². The van der Waals surface area contributed by atoms with E-state index in [2.05, 4.69) is 10.1 Å². The molecule has 3 nitrogen and oxygen atoms in total. The quantitative estimate of drug-likeness (QED) is 0.927. The van der Waals surface area contributed by atoms with Gasteiger partial charge in [-0.3, -0.25) is 4.79 Å². The number of halogens is 3. The van der Waals surface area contributed by atoms with E-state index in [0.29, 0.717) is 12.0 Å². The van der Waals surface area contributed by atoms with Crippen LogP contribution < -0.4 is 10.1 Å². The Morgan fingerprint density at radius 3 is 2.81 bits per heavy atom. The number of benzene rings is 2. The Morgan fingerprint density at radius 1 is 1.24 bits per heavy atom. The average Bonchev–Trinajstić information content (AvgIpc) is 2.79. The van der Waals surface area contributed by atoms with Crippen LogP contribution in [0, 0.1) is 0 Å². The molecule has 1 N–H and O–H groups in total. The number of nitrogens with one attached hydrogen (secondary N) is 1. The normalized spacial score (nSPS) is 13.2. The Kier molecular flexibility index (Phi) is 3.51. The molecule has 6 heteroatoms. The Balaban J connectivity index is 2.01. The van der Waals surface area contributed by atoms with Gasteiger partial charge in [0.25, 0.3) is 0 Å². The van der Waals surface area contributed by atoms with Gasteiger partial charge in [-0.1, -0.05) is 29.8 Å². The highest BCUT2D eigenvalue weighted by Crippen LogP contribution is 2.37. The summed E-state index contributed by atoms with van der Waals surface area (Å²) in [5.74, 6) is -0.137. The molecule has 0 aliphatic carbocycles. The summed E-state index contributed by atoms with van der Waals surface area (Å²) in [5, 5.41) is 2.85. The van der Waals surface area contributed by atoms with Crippen molar-refractivity contribution in [1.29, 1.82) is 0 Å². The van der Waals surface area contributed by atoms with E-state index in [1.165, 1.54) is 6.07 Å². The molecule has 1 aliphatic rings. The first-order valence-corrected chi connectivity index (χ1v) is 6.59. The summed E-state index contributed by atoms with van der Waals surface area (Å²) in [7, 11) is 0. The lowest BCUT2D eigenvalue weighted by molar-refractivity contribution is -0.115. The third-order valence-corrected chi connectivity index (χ3v) is 3.61. The number of hydrogen-bond acceptors (Lipinski definition) is 2. The molecular weight excluding hydrogens is 300 g/mol. The van der Waals surface area contributed by atoms with Gasteiger partial charge in [-0.05, 0) is 29.3 Å². The Hall–Kier alpha value is -2.14. The SMILES string of the molecule is O=C1Cc2cc(-c3cccc(OC(F)F)c3Cl)ccc2N1. The molecule has 0 fully saturated rings. The monoisotopic (exact) mass is 309 g/mol. The van der Waals surface area contributed by atoms with E-state index in [1.54, 1.807) is 24.3 Å². The molecule has 0 spiro atoms. The lowest BCUT2D eigenvalue weighted by Crippen LogP contribution is -2.03. The van der Waals surface area contributed by atoms with Crippen LogP contribution in [0.2, 0.25) is 5.02 Å². The number of ether oxygens (including phenoxy) is 1. The van der Waals surface area contributed by atoms with Crippen molar-refractivity contribution in [2.75, 3.05) is 5.32 Å². The van der Waals surface area contributed by atoms with Crippen LogP contribution in [0.4, 0.5) is 14.5 Å². The maximum atomic E-state index is 12.3. The smallest absolute Gasteiger partial charge is 0.387 e. The second kappa shape index (κ2) is 5.33. The fourth-order valence-electron chi connectivity index (χ4n) is 2.32. The lowest BCUT2D eigenvalue weighted by atomic mass is 10.0. The number of alkyl halides is 2. The molecule has 1 aliphatic heterocycles. The molecule has 1 amide bonds. The first-order chi connectivity index (χ1) is 10.0. The number of fused-ring (bicyclic) bond motifs is 1. The summed E-state index contributed by atoms with van der Waals surface area (Å²) < 4.78 is 29.0. The van der Waals surface area contributed by atoms with Gasteiger partial charge >= 0.3 is 6.61 Å². The minimum atomic E-state index is -2.93. The van der Waals surface area contributed by atoms with Crippen molar-refractivity contribution in [3.63, 3.8) is 0 Å². The van der Waals surface area contributed by atoms with Crippen molar-refractivity contribution < 1.29 is 18.3 Å². The van der Waals surface area contributed by atoms with Gasteiger partial charge < -0.3 is 10.1 Å². The number of carbonyl (C=O) groups excluding carboxylic acids is 1. The van der Waals surface area contributed by atoms with Gasteiger partial charge in [0.15, 0.2) is 0 Å². The zero-order valence-electron chi connectivity index (χ0n) is 10.7. The molecule has 0 aromatic heterocycles. The zero-order valence-corrected chi connectivity index (χ0v) is 11.5. The highest BCUT2D eigenvalue weighted by Gasteiger charge is 2.19. The van der Waals surface area contributed by atoms with Crippen molar-refractivity contribution in [2.24, 2.45) is 0 Å². The van der Waals surface area contributed by atoms with E-state index >= 15 is 0 Å². The third-order valence-electron chi connectivity index (χ3n) is 3.22. The highest BCUT2D eigenvalue weighted by molar-refractivity contribution is 6.34. The minimum absolute atomic E-state index is 0.0666. The second-order valence-corrected chi connectivity index (χ2v) is 4.97. The molecule has 3 rings (SSSR count). The third kappa shape index (κ3) is 2.69. The van der Waals surface area contributed by atoms with Crippen LogP contribution in [0.1, 0.15) is 5.56 Å². The lowest BCUT2D eigenvalue weighted by Gasteiger charge is -2.11. The van der Waals surface area contributed by atoms with Crippen molar-refractivity contribution >= 4 is 23.2 Å². The maximum absolute atomic E-state index is 12.3. The summed E-state index contributed by atoms with van der Waals surface area (Å²) in [6, 6.07) is 10.1. The molecule has 108 valence electrons. The summed E-state index contributed by atoms with van der Waals surface area (Å²) in [4.78, 5) is 11.3. The van der Waals surface area contributed by atoms with E-state index in [-0.39, 0.29) is 16.7 Å². The summed E-state index contributed by atoms with van der Waals surface area (Å²) >= 11 is 6.13. The summed E-state index contributed by atoms with van der Waals surface area (Å²) in [6.45, 7) is -2.93. The van der Waals surface area contributed by atoms with Crippen LogP contribution in [0.25, 0.3) is 11.1 Å². The van der Waals surface area contributed by atoms with Gasteiger partial charge in [0.2, 0.25) is 5.91 Å². The van der Waals surface area contributed by atoms with E-state index < -0.39 is 6.61 Å². The Bertz CT molecular complexity index is 719. The van der Waals surface area contributed by atoms with E-state index in [9.17, 15) is 13.6 Å². The van der Waals surface area contributed by atoms with Crippen LogP contribution in [0.5, 0.6) is 5.75 Å². The Labute approximate surface area is 124 Å². The maximum Gasteiger partial charge on any atom is 0.387 e. The molecule has 21 heavy (non-hydrogen) atoms. The van der Waals surface area contributed by atoms with Gasteiger partial charge in [-0.25, -0.2) is 0 Å². The van der Waals surface area contributed by atoms with Crippen LogP contribution in [-0.4, -0.2) is 12.5 Å². The standard InChI is InChI=1S/C15H10ClF2NO2/c16-14-10(2-1-3-12(14)21-15(17)18)8-4-5-11-9(6-8)7-13(20)19-11/h1-6,15H,7H2,(H,19,20). The molecule has 0 unspecified atom stereocenters. The largest absolute Gasteiger partial charge is 0.433 e. The van der Waals surface area contributed by atoms with Crippen molar-refractivity contribution in [3.8, 4) is 16.9 Å². The summed E-state index contributed by atoms with van der Waals surface area (Å²) in [6.07, 6.45) is 0.300. The van der Waals surface area contributed by atoms with Gasteiger partial charge in [0, 0.05) is 11.3 Å². The van der Waals surface area contributed by atoms with Crippen molar-refractivity contribution in [3.05, 3.63) is 47.0 Å². The fourth-order valence-corrected chi connectivity index (χ4v) is 2.60. The molecule has 0 bridgehead atoms. The predicted molar refractivity (Wildman–Crippen MR) is 75.9 cm³/mol. The number of carbonyl (C=O) groups is 1. The topological polar surface area (TPSA) is 38.3 Å².